The van der Waals surface area contributed by atoms with Gasteiger partial charge >= 0.3 is 5.97 Å². The second-order valence-electron chi connectivity index (χ2n) is 5.24. The lowest BCUT2D eigenvalue weighted by atomic mass is 10.1. The van der Waals surface area contributed by atoms with E-state index in [1.807, 2.05) is 32.0 Å². The Morgan fingerprint density at radius 1 is 1.00 bits per heavy atom. The number of hydrogen-bond donors (Lipinski definition) is 0. The number of benzene rings is 2. The Bertz CT molecular complexity index is 758. The fourth-order valence-electron chi connectivity index (χ4n) is 2.31. The van der Waals surface area contributed by atoms with Gasteiger partial charge in [0.15, 0.2) is 11.5 Å². The second kappa shape index (κ2) is 8.02. The van der Waals surface area contributed by atoms with Gasteiger partial charge in [-0.25, -0.2) is 4.79 Å². The van der Waals surface area contributed by atoms with Crippen molar-refractivity contribution >= 4 is 28.0 Å². The molecule has 126 valence electrons. The Hall–Kier alpha value is -2.27. The van der Waals surface area contributed by atoms with E-state index < -0.39 is 5.97 Å². The van der Waals surface area contributed by atoms with Crippen molar-refractivity contribution in [3.8, 4) is 17.2 Å². The molecule has 0 saturated heterocycles. The Balaban J connectivity index is 2.14. The first-order valence-electron chi connectivity index (χ1n) is 7.33. The molecule has 0 unspecified atom stereocenters. The van der Waals surface area contributed by atoms with Crippen molar-refractivity contribution in [2.45, 2.75) is 13.8 Å². The van der Waals surface area contributed by atoms with Crippen molar-refractivity contribution in [3.05, 3.63) is 57.6 Å². The van der Waals surface area contributed by atoms with Gasteiger partial charge in [-0.05, 0) is 60.9 Å². The van der Waals surface area contributed by atoms with Crippen LogP contribution in [-0.2, 0) is 4.79 Å². The molecule has 0 aliphatic heterocycles. The molecule has 0 N–H and O–H groups in total. The van der Waals surface area contributed by atoms with E-state index >= 15 is 0 Å². The molecule has 2 aromatic rings. The van der Waals surface area contributed by atoms with Crippen LogP contribution in [-0.4, -0.2) is 20.2 Å². The Morgan fingerprint density at radius 3 is 2.21 bits per heavy atom. The van der Waals surface area contributed by atoms with Crippen molar-refractivity contribution < 1.29 is 19.0 Å². The largest absolute Gasteiger partial charge is 0.493 e. The SMILES string of the molecule is COc1ccc(/C=C/C(=O)Oc2c(C)cc(Br)cc2C)cc1OC. The van der Waals surface area contributed by atoms with Gasteiger partial charge < -0.3 is 14.2 Å². The zero-order valence-corrected chi connectivity index (χ0v) is 15.6. The van der Waals surface area contributed by atoms with Gasteiger partial charge in [-0.15, -0.1) is 0 Å². The lowest BCUT2D eigenvalue weighted by molar-refractivity contribution is -0.129. The zero-order valence-electron chi connectivity index (χ0n) is 14.1. The molecule has 24 heavy (non-hydrogen) atoms. The van der Waals surface area contributed by atoms with Crippen molar-refractivity contribution in [2.75, 3.05) is 14.2 Å². The van der Waals surface area contributed by atoms with Crippen LogP contribution in [0.15, 0.2) is 40.9 Å². The lowest BCUT2D eigenvalue weighted by Gasteiger charge is -2.10. The predicted molar refractivity (Wildman–Crippen MR) is 97.8 cm³/mol. The van der Waals surface area contributed by atoms with Crippen LogP contribution in [0.2, 0.25) is 0 Å². The molecular weight excluding hydrogens is 372 g/mol. The molecule has 0 aliphatic rings. The summed E-state index contributed by atoms with van der Waals surface area (Å²) in [6.45, 7) is 3.80. The van der Waals surface area contributed by atoms with Crippen molar-refractivity contribution in [1.29, 1.82) is 0 Å². The van der Waals surface area contributed by atoms with Crippen molar-refractivity contribution in [2.24, 2.45) is 0 Å². The molecule has 0 saturated carbocycles. The van der Waals surface area contributed by atoms with Crippen LogP contribution in [0.25, 0.3) is 6.08 Å². The minimum atomic E-state index is -0.432. The molecule has 0 spiro atoms. The van der Waals surface area contributed by atoms with Crippen LogP contribution < -0.4 is 14.2 Å². The van der Waals surface area contributed by atoms with Gasteiger partial charge in [0.05, 0.1) is 14.2 Å². The molecule has 0 heterocycles. The summed E-state index contributed by atoms with van der Waals surface area (Å²) in [5.74, 6) is 1.39. The molecule has 0 aliphatic carbocycles. The van der Waals surface area contributed by atoms with Gasteiger partial charge in [-0.1, -0.05) is 22.0 Å². The van der Waals surface area contributed by atoms with E-state index in [1.165, 1.54) is 6.08 Å². The number of halogens is 1. The standard InChI is InChI=1S/C19H19BrO4/c1-12-9-15(20)10-13(2)19(12)24-18(21)8-6-14-5-7-16(22-3)17(11-14)23-4/h5-11H,1-4H3/b8-6+. The highest BCUT2D eigenvalue weighted by Gasteiger charge is 2.09. The number of esters is 1. The third kappa shape index (κ3) is 4.38. The summed E-state index contributed by atoms with van der Waals surface area (Å²) in [5.41, 5.74) is 2.61. The lowest BCUT2D eigenvalue weighted by Crippen LogP contribution is -2.06. The highest BCUT2D eigenvalue weighted by atomic mass is 79.9. The molecule has 0 atom stereocenters. The van der Waals surface area contributed by atoms with Gasteiger partial charge in [-0.2, -0.15) is 0 Å². The van der Waals surface area contributed by atoms with E-state index in [1.54, 1.807) is 32.4 Å². The van der Waals surface area contributed by atoms with Crippen molar-refractivity contribution in [3.63, 3.8) is 0 Å². The highest BCUT2D eigenvalue weighted by molar-refractivity contribution is 9.10. The average molecular weight is 391 g/mol. The van der Waals surface area contributed by atoms with Crippen LogP contribution in [0.4, 0.5) is 0 Å². The quantitative estimate of drug-likeness (QED) is 0.421. The highest BCUT2D eigenvalue weighted by Crippen LogP contribution is 2.29. The molecule has 0 amide bonds. The first-order chi connectivity index (χ1) is 11.4. The molecule has 4 nitrogen and oxygen atoms in total. The zero-order chi connectivity index (χ0) is 17.7. The summed E-state index contributed by atoms with van der Waals surface area (Å²) in [4.78, 5) is 12.1. The van der Waals surface area contributed by atoms with E-state index in [-0.39, 0.29) is 0 Å². The first-order valence-corrected chi connectivity index (χ1v) is 8.12. The second-order valence-corrected chi connectivity index (χ2v) is 6.15. The number of carbonyl (C=O) groups is 1. The molecule has 0 radical (unpaired) electrons. The number of aryl methyl sites for hydroxylation is 2. The summed E-state index contributed by atoms with van der Waals surface area (Å²) in [6, 6.07) is 9.23. The Morgan fingerprint density at radius 2 is 1.62 bits per heavy atom. The smallest absolute Gasteiger partial charge is 0.336 e. The third-order valence-electron chi connectivity index (χ3n) is 3.45. The molecule has 2 rings (SSSR count). The van der Waals surface area contributed by atoms with E-state index in [2.05, 4.69) is 15.9 Å². The van der Waals surface area contributed by atoms with Crippen LogP contribution >= 0.6 is 15.9 Å². The Labute approximate surface area is 150 Å². The molecule has 0 bridgehead atoms. The van der Waals surface area contributed by atoms with Gasteiger partial charge in [0.25, 0.3) is 0 Å². The number of hydrogen-bond acceptors (Lipinski definition) is 4. The molecule has 0 fully saturated rings. The fourth-order valence-corrected chi connectivity index (χ4v) is 3.00. The van der Waals surface area contributed by atoms with Gasteiger partial charge in [0, 0.05) is 10.5 Å². The van der Waals surface area contributed by atoms with Crippen molar-refractivity contribution in [1.82, 2.24) is 0 Å². The fraction of sp³-hybridized carbons (Fsp3) is 0.211. The van der Waals surface area contributed by atoms with Crippen LogP contribution in [0.3, 0.4) is 0 Å². The summed E-state index contributed by atoms with van der Waals surface area (Å²) >= 11 is 3.42. The van der Waals surface area contributed by atoms with E-state index in [0.717, 1.165) is 21.2 Å². The van der Waals surface area contributed by atoms with E-state index in [4.69, 9.17) is 14.2 Å². The van der Waals surface area contributed by atoms with Gasteiger partial charge in [0.2, 0.25) is 0 Å². The van der Waals surface area contributed by atoms with Crippen LogP contribution in [0, 0.1) is 13.8 Å². The number of carbonyl (C=O) groups excluding carboxylic acids is 1. The van der Waals surface area contributed by atoms with Gasteiger partial charge in [0.1, 0.15) is 5.75 Å². The maximum atomic E-state index is 12.1. The summed E-state index contributed by atoms with van der Waals surface area (Å²) < 4.78 is 16.8. The topological polar surface area (TPSA) is 44.8 Å². The minimum Gasteiger partial charge on any atom is -0.493 e. The predicted octanol–water partition coefficient (Wildman–Crippen LogP) is 4.70. The molecular formula is C19H19BrO4. The summed E-state index contributed by atoms with van der Waals surface area (Å²) in [6.07, 6.45) is 3.07. The maximum Gasteiger partial charge on any atom is 0.336 e. The average Bonchev–Trinajstić information content (AvgIpc) is 2.55. The van der Waals surface area contributed by atoms with Gasteiger partial charge in [-0.3, -0.25) is 0 Å². The number of methoxy groups -OCH3 is 2. The number of ether oxygens (including phenoxy) is 3. The minimum absolute atomic E-state index is 0.432. The molecule has 2 aromatic carbocycles. The maximum absolute atomic E-state index is 12.1. The summed E-state index contributed by atoms with van der Waals surface area (Å²) in [5, 5.41) is 0. The van der Waals surface area contributed by atoms with Crippen LogP contribution in [0.1, 0.15) is 16.7 Å². The first kappa shape index (κ1) is 18.1. The summed E-state index contributed by atoms with van der Waals surface area (Å²) in [7, 11) is 3.15. The monoisotopic (exact) mass is 390 g/mol. The number of rotatable bonds is 5. The normalized spacial score (nSPS) is 10.7. The van der Waals surface area contributed by atoms with E-state index in [9.17, 15) is 4.79 Å². The Kier molecular flexibility index (Phi) is 6.04. The van der Waals surface area contributed by atoms with E-state index in [0.29, 0.717) is 17.2 Å². The molecule has 0 aromatic heterocycles. The third-order valence-corrected chi connectivity index (χ3v) is 3.91. The molecule has 5 heteroatoms. The van der Waals surface area contributed by atoms with Crippen LogP contribution in [0.5, 0.6) is 17.2 Å².